The number of amides is 1. The summed E-state index contributed by atoms with van der Waals surface area (Å²) in [5, 5.41) is 17.8. The third-order valence-electron chi connectivity index (χ3n) is 2.65. The van der Waals surface area contributed by atoms with E-state index in [-0.39, 0.29) is 24.5 Å². The van der Waals surface area contributed by atoms with Gasteiger partial charge in [0.25, 0.3) is 0 Å². The molecule has 1 rings (SSSR count). The van der Waals surface area contributed by atoms with E-state index >= 15 is 0 Å². The van der Waals surface area contributed by atoms with E-state index in [1.54, 1.807) is 18.2 Å². The van der Waals surface area contributed by atoms with Crippen molar-refractivity contribution in [1.29, 1.82) is 10.5 Å². The summed E-state index contributed by atoms with van der Waals surface area (Å²) >= 11 is 7.33. The fourth-order valence-electron chi connectivity index (χ4n) is 1.59. The lowest BCUT2D eigenvalue weighted by Gasteiger charge is -2.20. The van der Waals surface area contributed by atoms with Crippen molar-refractivity contribution in [1.82, 2.24) is 4.90 Å². The highest BCUT2D eigenvalue weighted by Crippen LogP contribution is 2.29. The van der Waals surface area contributed by atoms with Gasteiger partial charge in [0.1, 0.15) is 0 Å². The number of hydrogen-bond donors (Lipinski definition) is 1. The monoisotopic (exact) mass is 322 g/mol. The first-order valence-corrected chi connectivity index (χ1v) is 7.64. The zero-order chi connectivity index (χ0) is 15.7. The van der Waals surface area contributed by atoms with E-state index in [9.17, 15) is 4.79 Å². The van der Waals surface area contributed by atoms with Crippen molar-refractivity contribution in [2.24, 2.45) is 0 Å². The van der Waals surface area contributed by atoms with Crippen LogP contribution in [0, 0.1) is 22.7 Å². The smallest absolute Gasteiger partial charge is 0.232 e. The van der Waals surface area contributed by atoms with Gasteiger partial charge < -0.3 is 10.6 Å². The van der Waals surface area contributed by atoms with Gasteiger partial charge in [0.2, 0.25) is 5.91 Å². The quantitative estimate of drug-likeness (QED) is 0.615. The van der Waals surface area contributed by atoms with E-state index in [0.29, 0.717) is 23.8 Å². The van der Waals surface area contributed by atoms with E-state index in [0.717, 1.165) is 4.90 Å². The molecule has 0 aromatic heterocycles. The largest absolute Gasteiger partial charge is 0.399 e. The summed E-state index contributed by atoms with van der Waals surface area (Å²) in [4.78, 5) is 14.4. The number of rotatable bonds is 7. The lowest BCUT2D eigenvalue weighted by atomic mass is 10.3. The number of nitriles is 2. The van der Waals surface area contributed by atoms with E-state index < -0.39 is 0 Å². The Morgan fingerprint density at radius 1 is 1.29 bits per heavy atom. The second kappa shape index (κ2) is 9.12. The number of thioether (sulfide) groups is 1. The van der Waals surface area contributed by atoms with E-state index in [2.05, 4.69) is 0 Å². The standard InChI is InChI=1S/C14H15ClN4OS/c15-12-4-3-11(18)9-13(12)21-10-14(20)19(7-1-5-16)8-2-6-17/h3-4,9H,1-2,7-8,10,18H2. The lowest BCUT2D eigenvalue weighted by molar-refractivity contribution is -0.128. The van der Waals surface area contributed by atoms with E-state index in [4.69, 9.17) is 27.9 Å². The Morgan fingerprint density at radius 2 is 1.90 bits per heavy atom. The molecule has 5 nitrogen and oxygen atoms in total. The maximum absolute atomic E-state index is 12.1. The third-order valence-corrected chi connectivity index (χ3v) is 4.13. The zero-order valence-corrected chi connectivity index (χ0v) is 13.0. The van der Waals surface area contributed by atoms with Gasteiger partial charge in [0.05, 0.1) is 35.8 Å². The molecule has 0 aliphatic carbocycles. The molecule has 1 aromatic carbocycles. The van der Waals surface area contributed by atoms with Crippen LogP contribution in [-0.2, 0) is 4.79 Å². The molecule has 1 amide bonds. The number of nitrogens with zero attached hydrogens (tertiary/aromatic N) is 3. The van der Waals surface area contributed by atoms with Gasteiger partial charge >= 0.3 is 0 Å². The number of halogens is 1. The first-order valence-electron chi connectivity index (χ1n) is 6.28. The zero-order valence-electron chi connectivity index (χ0n) is 11.4. The van der Waals surface area contributed by atoms with Crippen LogP contribution in [0.1, 0.15) is 12.8 Å². The Labute approximate surface area is 133 Å². The predicted octanol–water partition coefficient (Wildman–Crippen LogP) is 2.67. The molecule has 0 saturated carbocycles. The molecule has 0 unspecified atom stereocenters. The van der Waals surface area contributed by atoms with Crippen LogP contribution >= 0.6 is 23.4 Å². The topological polar surface area (TPSA) is 93.9 Å². The number of benzene rings is 1. The van der Waals surface area contributed by atoms with Crippen LogP contribution in [0.3, 0.4) is 0 Å². The fraction of sp³-hybridized carbons (Fsp3) is 0.357. The number of carbonyl (C=O) groups excluding carboxylic acids is 1. The van der Waals surface area contributed by atoms with Gasteiger partial charge in [0, 0.05) is 23.7 Å². The van der Waals surface area contributed by atoms with Crippen molar-refractivity contribution < 1.29 is 4.79 Å². The number of carbonyl (C=O) groups is 1. The molecule has 1 aromatic rings. The Kier molecular flexibility index (Phi) is 7.45. The van der Waals surface area contributed by atoms with Crippen LogP contribution in [0.5, 0.6) is 0 Å². The molecule has 0 fully saturated rings. The third kappa shape index (κ3) is 5.95. The van der Waals surface area contributed by atoms with E-state index in [1.807, 2.05) is 12.1 Å². The van der Waals surface area contributed by atoms with Gasteiger partial charge in [-0.15, -0.1) is 11.8 Å². The van der Waals surface area contributed by atoms with Crippen molar-refractivity contribution in [2.75, 3.05) is 24.6 Å². The fourth-order valence-corrected chi connectivity index (χ4v) is 2.76. The highest BCUT2D eigenvalue weighted by Gasteiger charge is 2.14. The van der Waals surface area contributed by atoms with Gasteiger partial charge in [-0.2, -0.15) is 10.5 Å². The molecule has 0 atom stereocenters. The van der Waals surface area contributed by atoms with Gasteiger partial charge in [0.15, 0.2) is 0 Å². The molecular weight excluding hydrogens is 308 g/mol. The SMILES string of the molecule is N#CCCN(CCC#N)C(=O)CSc1cc(N)ccc1Cl. The minimum absolute atomic E-state index is 0.121. The molecule has 110 valence electrons. The highest BCUT2D eigenvalue weighted by molar-refractivity contribution is 8.00. The second-order valence-corrected chi connectivity index (χ2v) is 5.60. The highest BCUT2D eigenvalue weighted by atomic mass is 35.5. The van der Waals surface area contributed by atoms with Gasteiger partial charge in [-0.25, -0.2) is 0 Å². The average molecular weight is 323 g/mol. The first kappa shape index (κ1) is 17.2. The summed E-state index contributed by atoms with van der Waals surface area (Å²) in [7, 11) is 0. The predicted molar refractivity (Wildman–Crippen MR) is 83.6 cm³/mol. The molecule has 7 heteroatoms. The summed E-state index contributed by atoms with van der Waals surface area (Å²) < 4.78 is 0. The van der Waals surface area contributed by atoms with Crippen LogP contribution in [0.2, 0.25) is 5.02 Å². The van der Waals surface area contributed by atoms with Crippen LogP contribution in [0.4, 0.5) is 5.69 Å². The lowest BCUT2D eigenvalue weighted by Crippen LogP contribution is -2.34. The molecular formula is C14H15ClN4OS. The van der Waals surface area contributed by atoms with Crippen molar-refractivity contribution in [3.05, 3.63) is 23.2 Å². The molecule has 0 aliphatic heterocycles. The Hall–Kier alpha value is -1.89. The Balaban J connectivity index is 2.62. The van der Waals surface area contributed by atoms with Crippen molar-refractivity contribution in [3.63, 3.8) is 0 Å². The van der Waals surface area contributed by atoms with Crippen LogP contribution in [0.25, 0.3) is 0 Å². The molecule has 0 heterocycles. The maximum Gasteiger partial charge on any atom is 0.232 e. The van der Waals surface area contributed by atoms with Crippen molar-refractivity contribution >= 4 is 35.0 Å². The maximum atomic E-state index is 12.1. The molecule has 0 spiro atoms. The van der Waals surface area contributed by atoms with Crippen LogP contribution in [-0.4, -0.2) is 29.6 Å². The number of nitrogen functional groups attached to an aromatic ring is 1. The Morgan fingerprint density at radius 3 is 2.48 bits per heavy atom. The van der Waals surface area contributed by atoms with Crippen LogP contribution < -0.4 is 5.73 Å². The minimum atomic E-state index is -0.121. The van der Waals surface area contributed by atoms with E-state index in [1.165, 1.54) is 16.7 Å². The molecule has 21 heavy (non-hydrogen) atoms. The number of anilines is 1. The van der Waals surface area contributed by atoms with Crippen molar-refractivity contribution in [3.8, 4) is 12.1 Å². The summed E-state index contributed by atoms with van der Waals surface area (Å²) in [5.74, 6) is 0.0732. The summed E-state index contributed by atoms with van der Waals surface area (Å²) in [5.41, 5.74) is 6.27. The molecule has 0 saturated heterocycles. The van der Waals surface area contributed by atoms with Crippen molar-refractivity contribution in [2.45, 2.75) is 17.7 Å². The van der Waals surface area contributed by atoms with Gasteiger partial charge in [-0.1, -0.05) is 11.6 Å². The van der Waals surface area contributed by atoms with Crippen LogP contribution in [0.15, 0.2) is 23.1 Å². The number of nitrogens with two attached hydrogens (primary N) is 1. The summed E-state index contributed by atoms with van der Waals surface area (Å²) in [6, 6.07) is 9.10. The van der Waals surface area contributed by atoms with Gasteiger partial charge in [-0.05, 0) is 18.2 Å². The first-order chi connectivity index (χ1) is 10.1. The normalized spacial score (nSPS) is 9.67. The van der Waals surface area contributed by atoms with Gasteiger partial charge in [-0.3, -0.25) is 4.79 Å². The summed E-state index contributed by atoms with van der Waals surface area (Å²) in [6.07, 6.45) is 0.502. The number of hydrogen-bond acceptors (Lipinski definition) is 5. The second-order valence-electron chi connectivity index (χ2n) is 4.18. The molecule has 0 radical (unpaired) electrons. The molecule has 0 aliphatic rings. The average Bonchev–Trinajstić information content (AvgIpc) is 2.48. The Bertz CT molecular complexity index is 561. The molecule has 2 N–H and O–H groups in total. The molecule has 0 bridgehead atoms. The minimum Gasteiger partial charge on any atom is -0.399 e. The summed E-state index contributed by atoms with van der Waals surface area (Å²) in [6.45, 7) is 0.671.